The summed E-state index contributed by atoms with van der Waals surface area (Å²) in [6.45, 7) is 3.21. The molecule has 0 bridgehead atoms. The zero-order chi connectivity index (χ0) is 30.7. The van der Waals surface area contributed by atoms with Crippen LogP contribution in [0.15, 0.2) is 80.7 Å². The third-order valence-corrected chi connectivity index (χ3v) is 8.09. The van der Waals surface area contributed by atoms with Gasteiger partial charge in [-0.15, -0.1) is 11.6 Å². The predicted molar refractivity (Wildman–Crippen MR) is 156 cm³/mol. The molecule has 0 saturated carbocycles. The van der Waals surface area contributed by atoms with E-state index in [0.29, 0.717) is 22.9 Å². The van der Waals surface area contributed by atoms with Crippen molar-refractivity contribution in [3.63, 3.8) is 0 Å². The summed E-state index contributed by atoms with van der Waals surface area (Å²) < 4.78 is 19.7. The number of unbranched alkanes of at least 4 members (excludes halogenated alkanes) is 2. The smallest absolute Gasteiger partial charge is 0.598 e. The third-order valence-electron chi connectivity index (χ3n) is 8.09. The molecule has 3 aliphatic heterocycles. The number of fused-ring (bicyclic) bond motifs is 5. The molecule has 0 fully saturated rings. The number of anilines is 1. The number of phenolic OH excluding ortho intramolecular Hbond substituents is 1. The molecule has 0 radical (unpaired) electrons. The fourth-order valence-electron chi connectivity index (χ4n) is 6.24. The molecule has 2 N–H and O–H groups in total. The number of aromatic hydroxyl groups is 1. The maximum atomic E-state index is 13.0. The van der Waals surface area contributed by atoms with Gasteiger partial charge in [0.25, 0.3) is 8.25 Å². The van der Waals surface area contributed by atoms with Gasteiger partial charge in [0.2, 0.25) is 0 Å². The van der Waals surface area contributed by atoms with Crippen molar-refractivity contribution in [3.8, 4) is 5.75 Å². The zero-order valence-electron chi connectivity index (χ0n) is 24.4. The van der Waals surface area contributed by atoms with Crippen LogP contribution < -0.4 is 49.9 Å². The van der Waals surface area contributed by atoms with E-state index in [4.69, 9.17) is 23.5 Å². The summed E-state index contributed by atoms with van der Waals surface area (Å²) in [5, 5.41) is 19.7. The maximum Gasteiger partial charge on any atom is 1.00 e. The van der Waals surface area contributed by atoms with Crippen LogP contribution in [0.1, 0.15) is 50.2 Å². The molecule has 3 aromatic rings. The Labute approximate surface area is 277 Å². The zero-order valence-corrected chi connectivity index (χ0v) is 27.3. The van der Waals surface area contributed by atoms with Gasteiger partial charge in [-0.1, -0.05) is 36.1 Å². The number of benzene rings is 2. The van der Waals surface area contributed by atoms with Crippen LogP contribution in [0, 0.1) is 6.07 Å². The van der Waals surface area contributed by atoms with Crippen molar-refractivity contribution in [2.45, 2.75) is 50.5 Å². The van der Waals surface area contributed by atoms with E-state index < -0.39 is 19.8 Å². The van der Waals surface area contributed by atoms with Gasteiger partial charge < -0.3 is 34.1 Å². The average molecular weight is 627 g/mol. The molecule has 4 heterocycles. The van der Waals surface area contributed by atoms with Crippen LogP contribution >= 0.6 is 8.25 Å². The second-order valence-corrected chi connectivity index (χ2v) is 11.3. The third kappa shape index (κ3) is 6.92. The van der Waals surface area contributed by atoms with Crippen molar-refractivity contribution in [3.05, 3.63) is 99.1 Å². The van der Waals surface area contributed by atoms with Crippen LogP contribution in [0.2, 0.25) is 0 Å². The number of rotatable bonds is 7. The molecule has 0 spiro atoms. The molecule has 44 heavy (non-hydrogen) atoms. The number of hydrogen-bond acceptors (Lipinski definition) is 10. The van der Waals surface area contributed by atoms with Gasteiger partial charge in [0.05, 0.1) is 5.57 Å². The quantitative estimate of drug-likeness (QED) is 0.0944. The molecular formula is C32H30NNaO9P-. The predicted octanol–water partition coefficient (Wildman–Crippen LogP) is 0.521. The molecule has 224 valence electrons. The summed E-state index contributed by atoms with van der Waals surface area (Å²) in [5.41, 5.74) is 5.01. The number of nitrogens with zero attached hydrogens (tertiary/aromatic N) is 1. The standard InChI is InChI=1S/C32H30NO6.Na.HO3P/c1-32(14-5-2-6-16-34)25-7-3-4-8-26(25)33-15-13-27-24(30(32)33)17-21(31(37)39-27)10-9-20-18-29(36)38-28-19-22(35)11-12-23(20)28;;1-4(2)3/h4,7-12,17-19,27,34-35H,2,5-6,13-16H2,1H3;;(H,1,2,3)/q-1;+1;/p-1/b10-9+;;. The van der Waals surface area contributed by atoms with Gasteiger partial charge in [-0.25, -0.2) is 9.59 Å². The molecule has 3 aliphatic rings. The van der Waals surface area contributed by atoms with Crippen molar-refractivity contribution in [2.75, 3.05) is 18.1 Å². The van der Waals surface area contributed by atoms with Crippen molar-refractivity contribution >= 4 is 37.0 Å². The van der Waals surface area contributed by atoms with Gasteiger partial charge in [0.1, 0.15) is 17.4 Å². The van der Waals surface area contributed by atoms with Gasteiger partial charge >= 0.3 is 41.2 Å². The molecule has 2 unspecified atom stereocenters. The largest absolute Gasteiger partial charge is 1.00 e. The Morgan fingerprint density at radius 3 is 2.68 bits per heavy atom. The Balaban J connectivity index is 0.000000834. The first kappa shape index (κ1) is 33.8. The summed E-state index contributed by atoms with van der Waals surface area (Å²) in [4.78, 5) is 44.5. The number of aliphatic hydroxyl groups is 1. The average Bonchev–Trinajstić information content (AvgIpc) is 3.22. The first-order chi connectivity index (χ1) is 20.6. The van der Waals surface area contributed by atoms with Gasteiger partial charge in [-0.3, -0.25) is 0 Å². The summed E-state index contributed by atoms with van der Waals surface area (Å²) in [5.74, 6) is -0.395. The number of carbonyl (C=O) groups excluding carboxylic acids is 1. The second kappa shape index (κ2) is 14.3. The van der Waals surface area contributed by atoms with Crippen molar-refractivity contribution in [1.29, 1.82) is 0 Å². The number of allylic oxidation sites excluding steroid dienone is 1. The number of phenols is 1. The fourth-order valence-corrected chi connectivity index (χ4v) is 6.24. The van der Waals surface area contributed by atoms with Gasteiger partial charge in [0, 0.05) is 48.4 Å². The Morgan fingerprint density at radius 2 is 1.93 bits per heavy atom. The minimum atomic E-state index is -3.37. The van der Waals surface area contributed by atoms with Gasteiger partial charge in [-0.2, -0.15) is 18.2 Å². The van der Waals surface area contributed by atoms with Crippen molar-refractivity contribution in [2.24, 2.45) is 0 Å². The summed E-state index contributed by atoms with van der Waals surface area (Å²) in [6.07, 6.45) is 9.31. The summed E-state index contributed by atoms with van der Waals surface area (Å²) >= 11 is 0. The molecule has 0 amide bonds. The topological polar surface area (TPSA) is 163 Å². The van der Waals surface area contributed by atoms with Crippen LogP contribution in [0.5, 0.6) is 5.75 Å². The van der Waals surface area contributed by atoms with Crippen LogP contribution in [0.4, 0.5) is 5.69 Å². The molecule has 6 rings (SSSR count). The van der Waals surface area contributed by atoms with Crippen LogP contribution in [-0.4, -0.2) is 35.4 Å². The van der Waals surface area contributed by atoms with E-state index in [1.54, 1.807) is 18.2 Å². The summed E-state index contributed by atoms with van der Waals surface area (Å²) in [6, 6.07) is 15.3. The minimum absolute atomic E-state index is 0. The van der Waals surface area contributed by atoms with E-state index >= 15 is 0 Å². The summed E-state index contributed by atoms with van der Waals surface area (Å²) in [7, 11) is -3.37. The van der Waals surface area contributed by atoms with E-state index in [2.05, 4.69) is 30.0 Å². The first-order valence-electron chi connectivity index (χ1n) is 13.9. The maximum absolute atomic E-state index is 13.0. The molecular weight excluding hydrogens is 596 g/mol. The number of hydrogen-bond donors (Lipinski definition) is 2. The van der Waals surface area contributed by atoms with Crippen molar-refractivity contribution < 1.29 is 68.1 Å². The molecule has 2 aromatic carbocycles. The molecule has 10 nitrogen and oxygen atoms in total. The van der Waals surface area contributed by atoms with Crippen molar-refractivity contribution in [1.82, 2.24) is 0 Å². The van der Waals surface area contributed by atoms with E-state index in [0.717, 1.165) is 43.5 Å². The number of aliphatic hydroxyl groups excluding tert-OH is 1. The van der Waals surface area contributed by atoms with E-state index in [-0.39, 0.29) is 59.0 Å². The van der Waals surface area contributed by atoms with Crippen LogP contribution in [0.25, 0.3) is 17.0 Å². The number of esters is 1. The molecule has 0 aliphatic carbocycles. The first-order valence-corrected chi connectivity index (χ1v) is 15.0. The molecule has 12 heteroatoms. The molecule has 2 atom stereocenters. The van der Waals surface area contributed by atoms with E-state index in [9.17, 15) is 19.8 Å². The Hall–Kier alpha value is -3.08. The van der Waals surface area contributed by atoms with E-state index in [1.165, 1.54) is 29.4 Å². The fraction of sp³-hybridized carbons (Fsp3) is 0.312. The Morgan fingerprint density at radius 1 is 1.16 bits per heavy atom. The Bertz CT molecular complexity index is 1730. The van der Waals surface area contributed by atoms with Gasteiger partial charge in [-0.05, 0) is 48.1 Å². The Kier molecular flexibility index (Phi) is 11.0. The number of ether oxygens (including phenoxy) is 1. The second-order valence-electron chi connectivity index (χ2n) is 10.8. The van der Waals surface area contributed by atoms with Gasteiger partial charge in [0.15, 0.2) is 0 Å². The number of carbonyl (C=O) groups is 1. The molecule has 1 aromatic heterocycles. The minimum Gasteiger partial charge on any atom is -0.598 e. The van der Waals surface area contributed by atoms with Crippen LogP contribution in [-0.2, 0) is 19.5 Å². The normalized spacial score (nSPS) is 20.2. The molecule has 0 saturated heterocycles. The van der Waals surface area contributed by atoms with E-state index in [1.807, 2.05) is 12.1 Å². The van der Waals surface area contributed by atoms with Crippen LogP contribution in [0.3, 0.4) is 0 Å². The monoisotopic (exact) mass is 626 g/mol. The SMILES string of the molecule is CC1(CCCCCO)C2=C3C=C(/C=C/c4cc(=O)oc5cc(O)ccc45)C(=O)OC3CCN2c2cc[c-]cc21.O=[P+]([O-])[O-].[Na+].